The van der Waals surface area contributed by atoms with Gasteiger partial charge in [0.15, 0.2) is 0 Å². The Labute approximate surface area is 462 Å². The van der Waals surface area contributed by atoms with Gasteiger partial charge in [-0.2, -0.15) is 0 Å². The van der Waals surface area contributed by atoms with Gasteiger partial charge in [0.2, 0.25) is 0 Å². The van der Waals surface area contributed by atoms with Crippen molar-refractivity contribution in [3.05, 3.63) is 340 Å². The summed E-state index contributed by atoms with van der Waals surface area (Å²) >= 11 is 1.88. The molecule has 0 N–H and O–H groups in total. The molecule has 12 aromatic carbocycles. The molecule has 0 saturated heterocycles. The van der Waals surface area contributed by atoms with E-state index in [2.05, 4.69) is 278 Å². The summed E-state index contributed by atoms with van der Waals surface area (Å²) in [5.41, 5.74) is 23.4. The average Bonchev–Trinajstić information content (AvgIpc) is 3.68. The van der Waals surface area contributed by atoms with E-state index >= 15 is 0 Å². The highest BCUT2D eigenvalue weighted by Gasteiger charge is 2.56. The second-order valence-corrected chi connectivity index (χ2v) is 22.7. The van der Waals surface area contributed by atoms with Gasteiger partial charge in [-0.1, -0.05) is 230 Å². The van der Waals surface area contributed by atoms with Crippen LogP contribution in [0.3, 0.4) is 0 Å². The van der Waals surface area contributed by atoms with Crippen LogP contribution in [0.15, 0.2) is 283 Å². The fourth-order valence-electron chi connectivity index (χ4n) is 15.6. The lowest BCUT2D eigenvalue weighted by molar-refractivity contribution is 0.436. The monoisotopic (exact) mass is 1020 g/mol. The van der Waals surface area contributed by atoms with Crippen molar-refractivity contribution in [2.24, 2.45) is 0 Å². The van der Waals surface area contributed by atoms with E-state index in [-0.39, 0.29) is 0 Å². The second kappa shape index (κ2) is 15.8. The van der Waals surface area contributed by atoms with Crippen LogP contribution in [-0.2, 0) is 16.2 Å². The van der Waals surface area contributed by atoms with E-state index in [0.29, 0.717) is 0 Å². The first-order chi connectivity index (χ1) is 39.2. The molecular weight excluding hydrogens is 979 g/mol. The van der Waals surface area contributed by atoms with Crippen molar-refractivity contribution in [2.75, 3.05) is 4.90 Å². The molecule has 3 aliphatic heterocycles. The van der Waals surface area contributed by atoms with Crippen LogP contribution in [0, 0.1) is 0 Å². The molecule has 3 spiro atoms. The topological polar surface area (TPSA) is 21.7 Å². The standard InChI is InChI=1S/C75H45NO2S/c1-4-25-49-46(22-1)70-58(73(49)52-28-7-13-40-64(52)77-65-41-14-8-29-53(65)73)34-19-37-61(70)76(62-38-20-35-59-71(62)47-23-2-5-26-50(47)74(59)54-30-9-15-42-66(54)78-67-43-16-10-31-55(67)74)63-39-21-36-60-72(63)48-24-3-6-27-51(48)75(60)56-32-11-17-44-68(56)79-69-45-18-12-33-57(69)75/h1-45H. The fourth-order valence-corrected chi connectivity index (χ4v) is 16.8. The van der Waals surface area contributed by atoms with E-state index in [1.165, 1.54) is 87.7 Å². The maximum absolute atomic E-state index is 6.87. The predicted octanol–water partition coefficient (Wildman–Crippen LogP) is 18.9. The van der Waals surface area contributed by atoms with Gasteiger partial charge in [0.1, 0.15) is 23.0 Å². The Morgan fingerprint density at radius 1 is 0.228 bits per heavy atom. The zero-order valence-corrected chi connectivity index (χ0v) is 43.5. The van der Waals surface area contributed by atoms with Gasteiger partial charge in [-0.25, -0.2) is 0 Å². The summed E-state index contributed by atoms with van der Waals surface area (Å²) < 4.78 is 13.7. The Morgan fingerprint density at radius 3 is 0.823 bits per heavy atom. The zero-order chi connectivity index (χ0) is 51.6. The third kappa shape index (κ3) is 5.26. The van der Waals surface area contributed by atoms with E-state index < -0.39 is 16.2 Å². The highest BCUT2D eigenvalue weighted by molar-refractivity contribution is 7.99. The number of hydrogen-bond acceptors (Lipinski definition) is 4. The molecule has 0 amide bonds. The van der Waals surface area contributed by atoms with Gasteiger partial charge >= 0.3 is 0 Å². The quantitative estimate of drug-likeness (QED) is 0.176. The number of anilines is 3. The van der Waals surface area contributed by atoms with E-state index in [9.17, 15) is 0 Å². The van der Waals surface area contributed by atoms with Crippen LogP contribution >= 0.6 is 11.8 Å². The van der Waals surface area contributed by atoms with Gasteiger partial charge in [0.05, 0.1) is 33.3 Å². The van der Waals surface area contributed by atoms with Gasteiger partial charge in [-0.15, -0.1) is 0 Å². The number of para-hydroxylation sites is 4. The molecule has 3 aliphatic carbocycles. The molecule has 0 unspecified atom stereocenters. The third-order valence-electron chi connectivity index (χ3n) is 18.3. The van der Waals surface area contributed by atoms with Crippen molar-refractivity contribution in [3.63, 3.8) is 0 Å². The minimum absolute atomic E-state index is 0.582. The van der Waals surface area contributed by atoms with Crippen molar-refractivity contribution < 1.29 is 9.47 Å². The maximum atomic E-state index is 6.87. The summed E-state index contributed by atoms with van der Waals surface area (Å²) in [6, 6.07) is 102. The fraction of sp³-hybridized carbons (Fsp3) is 0.0400. The molecule has 3 heterocycles. The molecule has 368 valence electrons. The van der Waals surface area contributed by atoms with E-state index in [4.69, 9.17) is 9.47 Å². The van der Waals surface area contributed by atoms with Gasteiger partial charge in [0.25, 0.3) is 0 Å². The van der Waals surface area contributed by atoms with Crippen LogP contribution in [0.4, 0.5) is 17.1 Å². The smallest absolute Gasteiger partial charge is 0.132 e. The lowest BCUT2D eigenvalue weighted by Gasteiger charge is -2.40. The second-order valence-electron chi connectivity index (χ2n) is 21.6. The minimum atomic E-state index is -0.674. The first-order valence-electron chi connectivity index (χ1n) is 27.3. The van der Waals surface area contributed by atoms with E-state index in [1.54, 1.807) is 0 Å². The predicted molar refractivity (Wildman–Crippen MR) is 317 cm³/mol. The largest absolute Gasteiger partial charge is 0.457 e. The summed E-state index contributed by atoms with van der Waals surface area (Å²) in [5.74, 6) is 3.50. The number of rotatable bonds is 3. The van der Waals surface area contributed by atoms with Crippen LogP contribution < -0.4 is 14.4 Å². The Morgan fingerprint density at radius 2 is 0.481 bits per heavy atom. The molecule has 12 aromatic rings. The molecule has 0 aromatic heterocycles. The van der Waals surface area contributed by atoms with Crippen LogP contribution in [0.25, 0.3) is 33.4 Å². The average molecular weight is 1020 g/mol. The van der Waals surface area contributed by atoms with Gasteiger partial charge in [-0.3, -0.25) is 0 Å². The minimum Gasteiger partial charge on any atom is -0.457 e. The van der Waals surface area contributed by atoms with Crippen LogP contribution in [0.2, 0.25) is 0 Å². The first kappa shape index (κ1) is 43.5. The summed E-state index contributed by atoms with van der Waals surface area (Å²) in [6.45, 7) is 0. The Balaban J connectivity index is 1.00. The molecular formula is C75H45NO2S. The molecule has 0 bridgehead atoms. The molecule has 0 fully saturated rings. The molecule has 18 rings (SSSR count). The Hall–Kier alpha value is -9.61. The summed E-state index contributed by atoms with van der Waals surface area (Å²) in [7, 11) is 0. The van der Waals surface area contributed by atoms with Gasteiger partial charge < -0.3 is 14.4 Å². The number of ether oxygens (including phenoxy) is 2. The lowest BCUT2D eigenvalue weighted by atomic mass is 9.66. The van der Waals surface area contributed by atoms with Gasteiger partial charge in [0, 0.05) is 48.7 Å². The third-order valence-corrected chi connectivity index (χ3v) is 19.4. The number of benzene rings is 12. The Kier molecular flexibility index (Phi) is 8.67. The van der Waals surface area contributed by atoms with Crippen LogP contribution in [0.1, 0.15) is 66.8 Å². The van der Waals surface area contributed by atoms with Crippen molar-refractivity contribution in [1.82, 2.24) is 0 Å². The Bertz CT molecular complexity index is 4040. The SMILES string of the molecule is c1ccc2c(c1)Oc1ccccc1C21c2ccccc2-c2c(N(c3cccc4c3-c3ccccc3C43c4ccccc4Oc4ccccc43)c3cccc4c3-c3ccccc3C43c4ccccc4Sc4ccccc43)cccc21. The summed E-state index contributed by atoms with van der Waals surface area (Å²) in [6.07, 6.45) is 0. The highest BCUT2D eigenvalue weighted by atomic mass is 32.2. The van der Waals surface area contributed by atoms with E-state index in [0.717, 1.165) is 62.3 Å². The summed E-state index contributed by atoms with van der Waals surface area (Å²) in [4.78, 5) is 5.23. The normalized spacial score (nSPS) is 15.3. The first-order valence-corrected chi connectivity index (χ1v) is 28.1. The van der Waals surface area contributed by atoms with Crippen molar-refractivity contribution in [1.29, 1.82) is 0 Å². The summed E-state index contributed by atoms with van der Waals surface area (Å²) in [5, 5.41) is 0. The number of nitrogens with zero attached hydrogens (tertiary/aromatic N) is 1. The number of hydrogen-bond donors (Lipinski definition) is 0. The molecule has 0 saturated carbocycles. The zero-order valence-electron chi connectivity index (χ0n) is 42.7. The van der Waals surface area contributed by atoms with E-state index in [1.807, 2.05) is 11.8 Å². The molecule has 79 heavy (non-hydrogen) atoms. The maximum Gasteiger partial charge on any atom is 0.132 e. The van der Waals surface area contributed by atoms with Crippen LogP contribution in [0.5, 0.6) is 23.0 Å². The molecule has 0 radical (unpaired) electrons. The van der Waals surface area contributed by atoms with Crippen LogP contribution in [-0.4, -0.2) is 0 Å². The molecule has 6 aliphatic rings. The molecule has 0 atom stereocenters. The number of fused-ring (bicyclic) bond motifs is 27. The van der Waals surface area contributed by atoms with Crippen molar-refractivity contribution in [2.45, 2.75) is 26.0 Å². The molecule has 4 heteroatoms. The van der Waals surface area contributed by atoms with Crippen molar-refractivity contribution >= 4 is 28.8 Å². The van der Waals surface area contributed by atoms with Crippen molar-refractivity contribution in [3.8, 4) is 56.4 Å². The highest BCUT2D eigenvalue weighted by Crippen LogP contribution is 2.69. The lowest BCUT2D eigenvalue weighted by Crippen LogP contribution is -2.32. The molecule has 3 nitrogen and oxygen atoms in total. The van der Waals surface area contributed by atoms with Gasteiger partial charge in [-0.05, 0) is 116 Å².